The maximum atomic E-state index is 12.9. The summed E-state index contributed by atoms with van der Waals surface area (Å²) in [6.45, 7) is 2.21. The van der Waals surface area contributed by atoms with E-state index in [1.54, 1.807) is 6.07 Å². The summed E-state index contributed by atoms with van der Waals surface area (Å²) >= 11 is 3.36. The van der Waals surface area contributed by atoms with Crippen LogP contribution in [0.2, 0.25) is 0 Å². The normalized spacial score (nSPS) is 12.7. The molecule has 1 aromatic carbocycles. The first-order valence-corrected chi connectivity index (χ1v) is 7.15. The third kappa shape index (κ3) is 5.17. The second kappa shape index (κ2) is 7.83. The Kier molecular flexibility index (Phi) is 6.75. The maximum absolute atomic E-state index is 12.9. The van der Waals surface area contributed by atoms with E-state index >= 15 is 0 Å². The monoisotopic (exact) mass is 301 g/mol. The van der Waals surface area contributed by atoms with Crippen molar-refractivity contribution in [1.82, 2.24) is 0 Å². The molecule has 0 saturated carbocycles. The summed E-state index contributed by atoms with van der Waals surface area (Å²) < 4.78 is 13.7. The van der Waals surface area contributed by atoms with Gasteiger partial charge in [0.2, 0.25) is 0 Å². The van der Waals surface area contributed by atoms with Crippen molar-refractivity contribution in [3.8, 4) is 0 Å². The van der Waals surface area contributed by atoms with Crippen LogP contribution >= 0.6 is 15.9 Å². The Morgan fingerprint density at radius 2 is 1.94 bits per heavy atom. The zero-order valence-corrected chi connectivity index (χ0v) is 12.0. The van der Waals surface area contributed by atoms with E-state index in [2.05, 4.69) is 22.9 Å². The summed E-state index contributed by atoms with van der Waals surface area (Å²) in [6, 6.07) is 4.73. The summed E-state index contributed by atoms with van der Waals surface area (Å²) in [5.74, 6) is -0.226. The van der Waals surface area contributed by atoms with Crippen molar-refractivity contribution in [1.29, 1.82) is 0 Å². The first-order valence-electron chi connectivity index (χ1n) is 6.35. The van der Waals surface area contributed by atoms with Gasteiger partial charge in [-0.15, -0.1) is 0 Å². The lowest BCUT2D eigenvalue weighted by Gasteiger charge is -2.13. The molecule has 0 amide bonds. The highest BCUT2D eigenvalue weighted by Crippen LogP contribution is 2.26. The van der Waals surface area contributed by atoms with Crippen molar-refractivity contribution in [2.45, 2.75) is 51.5 Å². The minimum absolute atomic E-state index is 0.00611. The van der Waals surface area contributed by atoms with Crippen molar-refractivity contribution in [3.63, 3.8) is 0 Å². The molecule has 0 aliphatic heterocycles. The Hall–Kier alpha value is -0.410. The molecule has 0 aliphatic rings. The second-order valence-corrected chi connectivity index (χ2v) is 5.33. The van der Waals surface area contributed by atoms with Gasteiger partial charge in [0, 0.05) is 10.5 Å². The molecule has 17 heavy (non-hydrogen) atoms. The molecule has 3 heteroatoms. The van der Waals surface area contributed by atoms with Crippen molar-refractivity contribution in [2.24, 2.45) is 5.73 Å². The highest BCUT2D eigenvalue weighted by molar-refractivity contribution is 9.10. The van der Waals surface area contributed by atoms with E-state index in [9.17, 15) is 4.39 Å². The molecule has 0 fully saturated rings. The number of hydrogen-bond donors (Lipinski definition) is 1. The Morgan fingerprint density at radius 3 is 2.59 bits per heavy atom. The second-order valence-electron chi connectivity index (χ2n) is 4.48. The maximum Gasteiger partial charge on any atom is 0.124 e. The largest absolute Gasteiger partial charge is 0.324 e. The van der Waals surface area contributed by atoms with Crippen LogP contribution in [0.3, 0.4) is 0 Å². The molecule has 1 atom stereocenters. The van der Waals surface area contributed by atoms with Crippen LogP contribution in [0, 0.1) is 5.82 Å². The summed E-state index contributed by atoms with van der Waals surface area (Å²) in [5, 5.41) is 0. The Bertz CT molecular complexity index is 341. The molecule has 0 saturated heterocycles. The Morgan fingerprint density at radius 1 is 1.24 bits per heavy atom. The average Bonchev–Trinajstić information content (AvgIpc) is 2.28. The van der Waals surface area contributed by atoms with Gasteiger partial charge < -0.3 is 5.73 Å². The minimum Gasteiger partial charge on any atom is -0.324 e. The van der Waals surface area contributed by atoms with Gasteiger partial charge in [0.05, 0.1) is 0 Å². The van der Waals surface area contributed by atoms with E-state index in [0.29, 0.717) is 0 Å². The number of benzene rings is 1. The quantitative estimate of drug-likeness (QED) is 0.709. The highest BCUT2D eigenvalue weighted by Gasteiger charge is 2.10. The standard InChI is InChI=1S/C14H21BrFN/c1-2-3-4-5-6-7-14(17)12-9-8-11(16)10-13(12)15/h8-10,14H,2-7,17H2,1H3. The van der Waals surface area contributed by atoms with Crippen LogP contribution in [0.25, 0.3) is 0 Å². The number of rotatable bonds is 7. The van der Waals surface area contributed by atoms with Gasteiger partial charge in [-0.25, -0.2) is 4.39 Å². The lowest BCUT2D eigenvalue weighted by molar-refractivity contribution is 0.552. The highest BCUT2D eigenvalue weighted by atomic mass is 79.9. The molecular weight excluding hydrogens is 281 g/mol. The van der Waals surface area contributed by atoms with Crippen LogP contribution in [-0.4, -0.2) is 0 Å². The van der Waals surface area contributed by atoms with Crippen LogP contribution in [0.1, 0.15) is 57.1 Å². The molecular formula is C14H21BrFN. The number of hydrogen-bond acceptors (Lipinski definition) is 1. The van der Waals surface area contributed by atoms with Gasteiger partial charge in [-0.3, -0.25) is 0 Å². The minimum atomic E-state index is -0.226. The summed E-state index contributed by atoms with van der Waals surface area (Å²) in [6.07, 6.45) is 7.19. The molecule has 2 N–H and O–H groups in total. The van der Waals surface area contributed by atoms with Crippen LogP contribution < -0.4 is 5.73 Å². The summed E-state index contributed by atoms with van der Waals surface area (Å²) in [4.78, 5) is 0. The fourth-order valence-electron chi connectivity index (χ4n) is 1.93. The van der Waals surface area contributed by atoms with Crippen LogP contribution in [0.5, 0.6) is 0 Å². The molecule has 1 nitrogen and oxygen atoms in total. The van der Waals surface area contributed by atoms with Gasteiger partial charge in [0.25, 0.3) is 0 Å². The lowest BCUT2D eigenvalue weighted by Crippen LogP contribution is -2.10. The molecule has 0 aromatic heterocycles. The third-order valence-corrected chi connectivity index (χ3v) is 3.67. The van der Waals surface area contributed by atoms with E-state index in [4.69, 9.17) is 5.73 Å². The SMILES string of the molecule is CCCCCCCC(N)c1ccc(F)cc1Br. The molecule has 1 unspecified atom stereocenters. The molecule has 0 radical (unpaired) electrons. The van der Waals surface area contributed by atoms with E-state index in [-0.39, 0.29) is 11.9 Å². The topological polar surface area (TPSA) is 26.0 Å². The lowest BCUT2D eigenvalue weighted by atomic mass is 10.0. The van der Waals surface area contributed by atoms with Crippen LogP contribution in [0.15, 0.2) is 22.7 Å². The Balaban J connectivity index is 2.38. The van der Waals surface area contributed by atoms with E-state index in [0.717, 1.165) is 22.9 Å². The zero-order chi connectivity index (χ0) is 12.7. The first kappa shape index (κ1) is 14.7. The predicted octanol–water partition coefficient (Wildman–Crippen LogP) is 4.95. The van der Waals surface area contributed by atoms with Crippen molar-refractivity contribution < 1.29 is 4.39 Å². The predicted molar refractivity (Wildman–Crippen MR) is 74.4 cm³/mol. The molecule has 96 valence electrons. The van der Waals surface area contributed by atoms with E-state index < -0.39 is 0 Å². The smallest absolute Gasteiger partial charge is 0.124 e. The fourth-order valence-corrected chi connectivity index (χ4v) is 2.57. The van der Waals surface area contributed by atoms with Gasteiger partial charge in [-0.1, -0.05) is 61.0 Å². The number of halogens is 2. The van der Waals surface area contributed by atoms with Gasteiger partial charge >= 0.3 is 0 Å². The first-order chi connectivity index (χ1) is 8.15. The van der Waals surface area contributed by atoms with E-state index in [1.807, 2.05) is 0 Å². The van der Waals surface area contributed by atoms with Crippen LogP contribution in [-0.2, 0) is 0 Å². The fraction of sp³-hybridized carbons (Fsp3) is 0.571. The van der Waals surface area contributed by atoms with Gasteiger partial charge in [0.15, 0.2) is 0 Å². The van der Waals surface area contributed by atoms with Crippen molar-refractivity contribution in [2.75, 3.05) is 0 Å². The van der Waals surface area contributed by atoms with Crippen LogP contribution in [0.4, 0.5) is 4.39 Å². The molecule has 1 rings (SSSR count). The molecule has 0 spiro atoms. The average molecular weight is 302 g/mol. The Labute approximate surface area is 112 Å². The van der Waals surface area contributed by atoms with Crippen molar-refractivity contribution in [3.05, 3.63) is 34.1 Å². The van der Waals surface area contributed by atoms with E-state index in [1.165, 1.54) is 37.8 Å². The molecule has 0 aliphatic carbocycles. The number of unbranched alkanes of at least 4 members (excludes halogenated alkanes) is 4. The van der Waals surface area contributed by atoms with Crippen molar-refractivity contribution >= 4 is 15.9 Å². The summed E-state index contributed by atoms with van der Waals surface area (Å²) in [5.41, 5.74) is 7.11. The summed E-state index contributed by atoms with van der Waals surface area (Å²) in [7, 11) is 0. The molecule has 0 bridgehead atoms. The van der Waals surface area contributed by atoms with Gasteiger partial charge in [0.1, 0.15) is 5.82 Å². The zero-order valence-electron chi connectivity index (χ0n) is 10.4. The third-order valence-electron chi connectivity index (χ3n) is 2.98. The van der Waals surface area contributed by atoms with Gasteiger partial charge in [-0.05, 0) is 24.1 Å². The molecule has 1 aromatic rings. The van der Waals surface area contributed by atoms with Gasteiger partial charge in [-0.2, -0.15) is 0 Å². The number of nitrogens with two attached hydrogens (primary N) is 1. The molecule has 0 heterocycles.